The summed E-state index contributed by atoms with van der Waals surface area (Å²) in [6.07, 6.45) is -5.24. The van der Waals surface area contributed by atoms with Crippen LogP contribution in [0.4, 0.5) is 42.5 Å². The Hall–Kier alpha value is -4.62. The lowest BCUT2D eigenvalue weighted by Gasteiger charge is -2.15. The van der Waals surface area contributed by atoms with Crippen molar-refractivity contribution in [1.82, 2.24) is 19.5 Å². The van der Waals surface area contributed by atoms with Gasteiger partial charge in [0.05, 0.1) is 11.1 Å². The van der Waals surface area contributed by atoms with E-state index in [9.17, 15) is 31.1 Å². The number of amides is 2. The number of aryl methyl sites for hydroxylation is 1. The Bertz CT molecular complexity index is 1370. The van der Waals surface area contributed by atoms with Gasteiger partial charge in [0.25, 0.3) is 0 Å². The lowest BCUT2D eigenvalue weighted by molar-refractivity contribution is -0.143. The molecule has 14 heteroatoms. The fourth-order valence-corrected chi connectivity index (χ4v) is 3.15. The smallest absolute Gasteiger partial charge is 0.416 e. The highest BCUT2D eigenvalue weighted by atomic mass is 19.4. The number of anilines is 2. The number of rotatable bonds is 5. The number of hydrogen-bond donors (Lipinski definition) is 2. The number of carbonyl (C=O) groups excluding carboxylic acids is 1. The number of hydrogen-bond acceptors (Lipinski definition) is 5. The number of nitrogens with one attached hydrogen (secondary N) is 2. The van der Waals surface area contributed by atoms with Crippen LogP contribution >= 0.6 is 0 Å². The summed E-state index contributed by atoms with van der Waals surface area (Å²) in [4.78, 5) is 24.7. The number of alkyl halides is 6. The molecular weight excluding hydrogens is 506 g/mol. The van der Waals surface area contributed by atoms with Crippen molar-refractivity contribution in [3.63, 3.8) is 0 Å². The van der Waals surface area contributed by atoms with E-state index in [1.807, 2.05) is 5.32 Å². The maximum absolute atomic E-state index is 13.0. The van der Waals surface area contributed by atoms with Crippen LogP contribution in [0.15, 0.2) is 67.3 Å². The van der Waals surface area contributed by atoms with Gasteiger partial charge in [-0.25, -0.2) is 14.8 Å². The van der Waals surface area contributed by atoms with E-state index in [1.54, 1.807) is 36.3 Å². The van der Waals surface area contributed by atoms with Crippen molar-refractivity contribution in [3.8, 4) is 17.4 Å². The molecule has 4 rings (SSSR count). The number of imidazole rings is 1. The molecule has 0 unspecified atom stereocenters. The van der Waals surface area contributed by atoms with Crippen molar-refractivity contribution in [2.24, 2.45) is 0 Å². The third kappa shape index (κ3) is 6.54. The first-order chi connectivity index (χ1) is 17.4. The van der Waals surface area contributed by atoms with E-state index in [0.717, 1.165) is 0 Å². The van der Waals surface area contributed by atoms with Crippen LogP contribution in [0, 0.1) is 6.92 Å². The number of benzene rings is 2. The van der Waals surface area contributed by atoms with Gasteiger partial charge in [-0.1, -0.05) is 0 Å². The van der Waals surface area contributed by atoms with Crippen molar-refractivity contribution >= 4 is 17.4 Å². The van der Waals surface area contributed by atoms with Gasteiger partial charge in [0.1, 0.15) is 23.7 Å². The Kier molecular flexibility index (Phi) is 6.74. The van der Waals surface area contributed by atoms with Crippen LogP contribution in [0.5, 0.6) is 11.6 Å². The van der Waals surface area contributed by atoms with E-state index in [2.05, 4.69) is 20.3 Å². The van der Waals surface area contributed by atoms with E-state index in [4.69, 9.17) is 4.74 Å². The van der Waals surface area contributed by atoms with Gasteiger partial charge in [0.15, 0.2) is 0 Å². The first kappa shape index (κ1) is 25.5. The second-order valence-corrected chi connectivity index (χ2v) is 7.58. The molecule has 0 radical (unpaired) electrons. The topological polar surface area (TPSA) is 94.0 Å². The molecule has 0 bridgehead atoms. The van der Waals surface area contributed by atoms with Gasteiger partial charge in [0, 0.05) is 29.8 Å². The van der Waals surface area contributed by atoms with E-state index in [1.165, 1.54) is 24.3 Å². The summed E-state index contributed by atoms with van der Waals surface area (Å²) >= 11 is 0. The Morgan fingerprint density at radius 2 is 1.49 bits per heavy atom. The second-order valence-electron chi connectivity index (χ2n) is 7.58. The molecule has 0 saturated heterocycles. The second kappa shape index (κ2) is 9.79. The summed E-state index contributed by atoms with van der Waals surface area (Å²) in [5.74, 6) is 1.55. The van der Waals surface area contributed by atoms with E-state index < -0.39 is 35.2 Å². The number of nitrogens with zero attached hydrogens (tertiary/aromatic N) is 4. The van der Waals surface area contributed by atoms with Crippen molar-refractivity contribution in [2.75, 3.05) is 10.6 Å². The number of halogens is 6. The van der Waals surface area contributed by atoms with Gasteiger partial charge >= 0.3 is 18.4 Å². The average Bonchev–Trinajstić information content (AvgIpc) is 3.34. The minimum atomic E-state index is -5.04. The molecule has 2 heterocycles. The van der Waals surface area contributed by atoms with E-state index in [-0.39, 0.29) is 17.6 Å². The van der Waals surface area contributed by atoms with Gasteiger partial charge in [-0.2, -0.15) is 31.3 Å². The molecule has 0 aliphatic carbocycles. The number of aromatic nitrogens is 4. The molecule has 4 aromatic rings. The largest absolute Gasteiger partial charge is 0.439 e. The van der Waals surface area contributed by atoms with E-state index >= 15 is 0 Å². The molecule has 0 atom stereocenters. The first-order valence-electron chi connectivity index (χ1n) is 10.4. The monoisotopic (exact) mass is 522 g/mol. The van der Waals surface area contributed by atoms with Crippen LogP contribution in [0.2, 0.25) is 0 Å². The lowest BCUT2D eigenvalue weighted by atomic mass is 10.1. The molecule has 2 aromatic heterocycles. The molecular formula is C23H16F6N6O2. The van der Waals surface area contributed by atoms with Crippen molar-refractivity contribution < 1.29 is 35.9 Å². The molecule has 37 heavy (non-hydrogen) atoms. The van der Waals surface area contributed by atoms with Gasteiger partial charge < -0.3 is 15.4 Å². The minimum absolute atomic E-state index is 0.0284. The average molecular weight is 522 g/mol. The molecule has 0 fully saturated rings. The first-order valence-corrected chi connectivity index (χ1v) is 10.4. The Labute approximate surface area is 205 Å². The van der Waals surface area contributed by atoms with Crippen LogP contribution < -0.4 is 15.4 Å². The number of urea groups is 1. The fourth-order valence-electron chi connectivity index (χ4n) is 3.15. The summed E-state index contributed by atoms with van der Waals surface area (Å²) in [5.41, 5.74) is -3.57. The van der Waals surface area contributed by atoms with Crippen LogP contribution in [-0.2, 0) is 12.4 Å². The quantitative estimate of drug-likeness (QED) is 0.294. The molecule has 0 aliphatic rings. The molecule has 2 amide bonds. The Balaban J connectivity index is 1.44. The Morgan fingerprint density at radius 1 is 0.865 bits per heavy atom. The number of ether oxygens (including phenoxy) is 1. The maximum Gasteiger partial charge on any atom is 0.416 e. The zero-order valence-electron chi connectivity index (χ0n) is 18.7. The Morgan fingerprint density at radius 3 is 2.05 bits per heavy atom. The zero-order chi connectivity index (χ0) is 26.8. The van der Waals surface area contributed by atoms with Gasteiger partial charge in [-0.3, -0.25) is 4.57 Å². The van der Waals surface area contributed by atoms with Gasteiger partial charge in [0.2, 0.25) is 5.88 Å². The normalized spacial score (nSPS) is 11.8. The minimum Gasteiger partial charge on any atom is -0.439 e. The lowest BCUT2D eigenvalue weighted by Crippen LogP contribution is -2.20. The summed E-state index contributed by atoms with van der Waals surface area (Å²) in [7, 11) is 0. The molecule has 2 aromatic carbocycles. The fraction of sp³-hybridized carbons (Fsp3) is 0.130. The summed E-state index contributed by atoms with van der Waals surface area (Å²) in [6, 6.07) is 7.14. The molecule has 0 saturated carbocycles. The van der Waals surface area contributed by atoms with Crippen molar-refractivity contribution in [3.05, 3.63) is 84.2 Å². The standard InChI is InChI=1S/C23H16F6N6O2/c1-13-31-19(35-7-6-30-12-35)11-20(32-13)37-18-4-2-16(3-5-18)33-21(36)34-17-9-14(22(24,25)26)8-15(10-17)23(27,28)29/h2-12H,1H3,(H2,33,34,36). The highest BCUT2D eigenvalue weighted by Crippen LogP contribution is 2.37. The predicted molar refractivity (Wildman–Crippen MR) is 119 cm³/mol. The third-order valence-electron chi connectivity index (χ3n) is 4.75. The predicted octanol–water partition coefficient (Wildman–Crippen LogP) is 6.44. The van der Waals surface area contributed by atoms with Crippen LogP contribution in [0.3, 0.4) is 0 Å². The van der Waals surface area contributed by atoms with Gasteiger partial charge in [-0.05, 0) is 49.4 Å². The van der Waals surface area contributed by atoms with Crippen molar-refractivity contribution in [2.45, 2.75) is 19.3 Å². The third-order valence-corrected chi connectivity index (χ3v) is 4.75. The summed E-state index contributed by atoms with van der Waals surface area (Å²) in [5, 5.41) is 4.32. The van der Waals surface area contributed by atoms with Crippen LogP contribution in [0.1, 0.15) is 17.0 Å². The van der Waals surface area contributed by atoms with Crippen molar-refractivity contribution in [1.29, 1.82) is 0 Å². The van der Waals surface area contributed by atoms with Crippen LogP contribution in [-0.4, -0.2) is 25.6 Å². The zero-order valence-corrected chi connectivity index (χ0v) is 18.7. The SMILES string of the molecule is Cc1nc(Oc2ccc(NC(=O)Nc3cc(C(F)(F)F)cc(C(F)(F)F)c3)cc2)cc(-n2ccnc2)n1. The summed E-state index contributed by atoms with van der Waals surface area (Å²) < 4.78 is 85.4. The number of carbonyl (C=O) groups is 1. The molecule has 192 valence electrons. The molecule has 8 nitrogen and oxygen atoms in total. The summed E-state index contributed by atoms with van der Waals surface area (Å²) in [6.45, 7) is 1.68. The highest BCUT2D eigenvalue weighted by molar-refractivity contribution is 5.99. The highest BCUT2D eigenvalue weighted by Gasteiger charge is 2.37. The van der Waals surface area contributed by atoms with Crippen LogP contribution in [0.25, 0.3) is 5.82 Å². The molecule has 0 spiro atoms. The molecule has 2 N–H and O–H groups in total. The van der Waals surface area contributed by atoms with E-state index in [0.29, 0.717) is 29.5 Å². The molecule has 0 aliphatic heterocycles. The maximum atomic E-state index is 13.0. The van der Waals surface area contributed by atoms with Gasteiger partial charge in [-0.15, -0.1) is 0 Å².